The van der Waals surface area contributed by atoms with E-state index in [2.05, 4.69) is 15.1 Å². The van der Waals surface area contributed by atoms with Crippen molar-refractivity contribution in [3.05, 3.63) is 22.9 Å². The van der Waals surface area contributed by atoms with Gasteiger partial charge in [0, 0.05) is 6.07 Å². The fourth-order valence-corrected chi connectivity index (χ4v) is 1.27. The third-order valence-electron chi connectivity index (χ3n) is 1.60. The van der Waals surface area contributed by atoms with Crippen molar-refractivity contribution in [1.29, 1.82) is 0 Å². The molecule has 7 heteroatoms. The van der Waals surface area contributed by atoms with Crippen LogP contribution in [0.2, 0.25) is 5.28 Å². The molecule has 72 valence electrons. The maximum absolute atomic E-state index is 10.6. The van der Waals surface area contributed by atoms with Crippen LogP contribution in [0, 0.1) is 6.92 Å². The molecule has 2 heterocycles. The molecule has 0 aliphatic heterocycles. The molecule has 6 nitrogen and oxygen atoms in total. The van der Waals surface area contributed by atoms with Gasteiger partial charge in [-0.3, -0.25) is 0 Å². The van der Waals surface area contributed by atoms with Crippen molar-refractivity contribution in [1.82, 2.24) is 19.6 Å². The number of fused-ring (bicyclic) bond motifs is 1. The smallest absolute Gasteiger partial charge is 0.374 e. The summed E-state index contributed by atoms with van der Waals surface area (Å²) in [7, 11) is 0. The molecule has 2 aromatic heterocycles. The third-order valence-corrected chi connectivity index (χ3v) is 1.84. The van der Waals surface area contributed by atoms with E-state index in [0.717, 1.165) is 0 Å². The van der Waals surface area contributed by atoms with Crippen molar-refractivity contribution in [3.63, 3.8) is 0 Å². The van der Waals surface area contributed by atoms with Gasteiger partial charge in [0.25, 0.3) is 0 Å². The van der Waals surface area contributed by atoms with Gasteiger partial charge in [0.15, 0.2) is 5.65 Å². The first kappa shape index (κ1) is 8.89. The minimum atomic E-state index is -1.21. The Bertz CT molecular complexity index is 522. The van der Waals surface area contributed by atoms with Crippen molar-refractivity contribution in [2.24, 2.45) is 0 Å². The van der Waals surface area contributed by atoms with Crippen LogP contribution in [0.5, 0.6) is 0 Å². The van der Waals surface area contributed by atoms with Crippen LogP contribution in [0.4, 0.5) is 0 Å². The summed E-state index contributed by atoms with van der Waals surface area (Å²) in [6.45, 7) is 1.76. The number of aromatic nitrogens is 4. The maximum Gasteiger partial charge on any atom is 0.374 e. The average molecular weight is 213 g/mol. The number of carbonyl (C=O) groups is 1. The van der Waals surface area contributed by atoms with E-state index in [1.807, 2.05) is 0 Å². The molecule has 0 aliphatic carbocycles. The number of hydrogen-bond donors (Lipinski definition) is 1. The highest BCUT2D eigenvalue weighted by Gasteiger charge is 2.12. The lowest BCUT2D eigenvalue weighted by atomic mass is 10.5. The molecule has 0 amide bonds. The summed E-state index contributed by atoms with van der Waals surface area (Å²) in [4.78, 5) is 17.9. The number of halogens is 1. The topological polar surface area (TPSA) is 80.4 Å². The molecule has 0 spiro atoms. The summed E-state index contributed by atoms with van der Waals surface area (Å²) in [6, 6.07) is 1.62. The number of carboxylic acid groups (broad SMARTS) is 1. The minimum Gasteiger partial charge on any atom is -0.475 e. The molecule has 0 aliphatic rings. The Labute approximate surface area is 83.2 Å². The molecule has 0 bridgehead atoms. The van der Waals surface area contributed by atoms with E-state index in [4.69, 9.17) is 16.7 Å². The van der Waals surface area contributed by atoms with Gasteiger partial charge in [0.2, 0.25) is 11.1 Å². The van der Waals surface area contributed by atoms with E-state index in [1.54, 1.807) is 13.0 Å². The summed E-state index contributed by atoms with van der Waals surface area (Å²) in [5, 5.41) is 12.6. The van der Waals surface area contributed by atoms with Crippen molar-refractivity contribution in [3.8, 4) is 0 Å². The Kier molecular flexibility index (Phi) is 1.85. The maximum atomic E-state index is 10.6. The number of hydrogen-bond acceptors (Lipinski definition) is 4. The largest absolute Gasteiger partial charge is 0.475 e. The summed E-state index contributed by atoms with van der Waals surface area (Å²) in [6.07, 6.45) is 0. The lowest BCUT2D eigenvalue weighted by Crippen LogP contribution is -2.07. The number of carboxylic acids is 1. The molecule has 0 atom stereocenters. The van der Waals surface area contributed by atoms with E-state index in [9.17, 15) is 4.79 Å². The zero-order valence-electron chi connectivity index (χ0n) is 7.10. The van der Waals surface area contributed by atoms with E-state index in [-0.39, 0.29) is 11.1 Å². The Morgan fingerprint density at radius 3 is 2.93 bits per heavy atom. The summed E-state index contributed by atoms with van der Waals surface area (Å²) in [5.74, 6) is -1.55. The minimum absolute atomic E-state index is 0.0134. The van der Waals surface area contributed by atoms with Crippen molar-refractivity contribution in [2.75, 3.05) is 0 Å². The van der Waals surface area contributed by atoms with Gasteiger partial charge in [-0.05, 0) is 18.5 Å². The average Bonchev–Trinajstić information content (AvgIpc) is 2.45. The Hall–Kier alpha value is -1.69. The van der Waals surface area contributed by atoms with Crippen LogP contribution in [-0.4, -0.2) is 30.7 Å². The first-order chi connectivity index (χ1) is 6.58. The highest BCUT2D eigenvalue weighted by molar-refractivity contribution is 6.28. The van der Waals surface area contributed by atoms with Crippen molar-refractivity contribution < 1.29 is 9.90 Å². The molecule has 1 N–H and O–H groups in total. The molecule has 0 radical (unpaired) electrons. The van der Waals surface area contributed by atoms with Gasteiger partial charge in [-0.25, -0.2) is 9.78 Å². The van der Waals surface area contributed by atoms with E-state index < -0.39 is 5.97 Å². The van der Waals surface area contributed by atoms with Crippen molar-refractivity contribution >= 4 is 23.2 Å². The molecule has 2 rings (SSSR count). The normalized spacial score (nSPS) is 10.7. The quantitative estimate of drug-likeness (QED) is 0.756. The molecule has 0 aromatic carbocycles. The van der Waals surface area contributed by atoms with Gasteiger partial charge in [0.1, 0.15) is 0 Å². The lowest BCUT2D eigenvalue weighted by Gasteiger charge is -1.96. The summed E-state index contributed by atoms with van der Waals surface area (Å²) in [5.41, 5.74) is 1.07. The predicted molar refractivity (Wildman–Crippen MR) is 47.5 cm³/mol. The van der Waals surface area contributed by atoms with E-state index >= 15 is 0 Å². The number of rotatable bonds is 1. The van der Waals surface area contributed by atoms with E-state index in [1.165, 1.54) is 4.52 Å². The van der Waals surface area contributed by atoms with Crippen LogP contribution < -0.4 is 0 Å². The highest BCUT2D eigenvalue weighted by atomic mass is 35.5. The highest BCUT2D eigenvalue weighted by Crippen LogP contribution is 2.10. The zero-order chi connectivity index (χ0) is 10.3. The Balaban J connectivity index is 2.77. The van der Waals surface area contributed by atoms with E-state index in [0.29, 0.717) is 11.3 Å². The zero-order valence-corrected chi connectivity index (χ0v) is 7.86. The van der Waals surface area contributed by atoms with Gasteiger partial charge < -0.3 is 5.11 Å². The van der Waals surface area contributed by atoms with Gasteiger partial charge in [-0.2, -0.15) is 14.6 Å². The third kappa shape index (κ3) is 1.29. The number of aromatic carboxylic acids is 1. The second-order valence-corrected chi connectivity index (χ2v) is 3.02. The van der Waals surface area contributed by atoms with Crippen LogP contribution in [-0.2, 0) is 0 Å². The van der Waals surface area contributed by atoms with Crippen LogP contribution in [0.25, 0.3) is 5.65 Å². The van der Waals surface area contributed by atoms with Gasteiger partial charge in [-0.1, -0.05) is 0 Å². The first-order valence-corrected chi connectivity index (χ1v) is 4.09. The first-order valence-electron chi connectivity index (χ1n) is 3.71. The number of aryl methyl sites for hydroxylation is 1. The summed E-state index contributed by atoms with van der Waals surface area (Å²) < 4.78 is 1.28. The van der Waals surface area contributed by atoms with Crippen molar-refractivity contribution in [2.45, 2.75) is 6.92 Å². The molecular weight excluding hydrogens is 208 g/mol. The van der Waals surface area contributed by atoms with Crippen LogP contribution >= 0.6 is 11.6 Å². The lowest BCUT2D eigenvalue weighted by molar-refractivity contribution is 0.0683. The molecule has 0 unspecified atom stereocenters. The number of nitrogens with zero attached hydrogens (tertiary/aromatic N) is 4. The Morgan fingerprint density at radius 1 is 1.57 bits per heavy atom. The second-order valence-electron chi connectivity index (χ2n) is 2.68. The second kappa shape index (κ2) is 2.91. The molecule has 0 saturated heterocycles. The standard InChI is InChI=1S/C7H5ClN4O2/c1-3-2-4-9-5(6(13)14)10-7(8)12(4)11-3/h2H,1H3,(H,13,14). The van der Waals surface area contributed by atoms with Gasteiger partial charge in [0.05, 0.1) is 5.69 Å². The monoisotopic (exact) mass is 212 g/mol. The molecule has 2 aromatic rings. The Morgan fingerprint density at radius 2 is 2.29 bits per heavy atom. The van der Waals surface area contributed by atoms with Crippen LogP contribution in [0.15, 0.2) is 6.07 Å². The van der Waals surface area contributed by atoms with Crippen LogP contribution in [0.1, 0.15) is 16.3 Å². The fraction of sp³-hybridized carbons (Fsp3) is 0.143. The van der Waals surface area contributed by atoms with Gasteiger partial charge in [-0.15, -0.1) is 0 Å². The molecular formula is C7H5ClN4O2. The SMILES string of the molecule is Cc1cc2nc(C(=O)O)nc(Cl)n2n1. The fourth-order valence-electron chi connectivity index (χ4n) is 1.07. The van der Waals surface area contributed by atoms with Gasteiger partial charge >= 0.3 is 5.97 Å². The summed E-state index contributed by atoms with van der Waals surface area (Å²) >= 11 is 5.71. The predicted octanol–water partition coefficient (Wildman–Crippen LogP) is 0.784. The molecule has 0 fully saturated rings. The molecule has 0 saturated carbocycles. The molecule has 14 heavy (non-hydrogen) atoms. The van der Waals surface area contributed by atoms with Crippen LogP contribution in [0.3, 0.4) is 0 Å².